The van der Waals surface area contributed by atoms with Crippen molar-refractivity contribution >= 4 is 5.91 Å². The number of hydrogen-bond donors (Lipinski definition) is 1. The minimum atomic E-state index is -0.449. The maximum absolute atomic E-state index is 11.2. The lowest BCUT2D eigenvalue weighted by Crippen LogP contribution is -2.16. The average molecular weight is 215 g/mol. The summed E-state index contributed by atoms with van der Waals surface area (Å²) < 4.78 is 1.73. The van der Waals surface area contributed by atoms with Crippen molar-refractivity contribution in [3.63, 3.8) is 0 Å². The van der Waals surface area contributed by atoms with Gasteiger partial charge in [0.15, 0.2) is 0 Å². The van der Waals surface area contributed by atoms with Crippen molar-refractivity contribution in [1.82, 2.24) is 9.55 Å². The van der Waals surface area contributed by atoms with Crippen LogP contribution in [0.25, 0.3) is 11.4 Å². The van der Waals surface area contributed by atoms with E-state index >= 15 is 0 Å². The molecule has 0 aliphatic carbocycles. The molecule has 2 aromatic rings. The van der Waals surface area contributed by atoms with Gasteiger partial charge in [0.25, 0.3) is 5.91 Å². The molecule has 0 bridgehead atoms. The van der Waals surface area contributed by atoms with Gasteiger partial charge < -0.3 is 10.3 Å². The van der Waals surface area contributed by atoms with Gasteiger partial charge in [-0.3, -0.25) is 4.79 Å². The monoisotopic (exact) mass is 215 g/mol. The average Bonchev–Trinajstić information content (AvgIpc) is 2.55. The molecule has 0 radical (unpaired) electrons. The smallest absolute Gasteiger partial charge is 0.267 e. The zero-order valence-electron chi connectivity index (χ0n) is 9.27. The first-order valence-electron chi connectivity index (χ1n) is 5.00. The highest BCUT2D eigenvalue weighted by molar-refractivity contribution is 5.93. The van der Waals surface area contributed by atoms with Gasteiger partial charge in [-0.05, 0) is 6.92 Å². The molecule has 4 heteroatoms. The minimum absolute atomic E-state index is 0.449. The van der Waals surface area contributed by atoms with Gasteiger partial charge in [0.05, 0.1) is 5.69 Å². The molecule has 0 aliphatic rings. The summed E-state index contributed by atoms with van der Waals surface area (Å²) in [6.07, 6.45) is 0. The Morgan fingerprint density at radius 2 is 1.94 bits per heavy atom. The maximum atomic E-state index is 11.2. The Morgan fingerprint density at radius 3 is 2.44 bits per heavy atom. The number of benzene rings is 1. The van der Waals surface area contributed by atoms with Crippen LogP contribution in [0.3, 0.4) is 0 Å². The summed E-state index contributed by atoms with van der Waals surface area (Å²) in [5.41, 5.74) is 7.40. The Labute approximate surface area is 93.7 Å². The van der Waals surface area contributed by atoms with Crippen molar-refractivity contribution in [2.75, 3.05) is 0 Å². The van der Waals surface area contributed by atoms with Gasteiger partial charge in [-0.2, -0.15) is 0 Å². The van der Waals surface area contributed by atoms with E-state index in [1.165, 1.54) is 0 Å². The predicted molar refractivity (Wildman–Crippen MR) is 61.9 cm³/mol. The van der Waals surface area contributed by atoms with E-state index in [0.29, 0.717) is 11.4 Å². The molecule has 0 saturated heterocycles. The molecule has 0 spiro atoms. The van der Waals surface area contributed by atoms with Crippen molar-refractivity contribution in [3.8, 4) is 11.4 Å². The SMILES string of the molecule is Cc1nc(-c2ccccc2)n(C)c1C(N)=O. The first kappa shape index (κ1) is 10.4. The molecule has 0 fully saturated rings. The Hall–Kier alpha value is -2.10. The van der Waals surface area contributed by atoms with E-state index < -0.39 is 5.91 Å². The number of rotatable bonds is 2. The summed E-state index contributed by atoms with van der Waals surface area (Å²) in [7, 11) is 1.79. The molecule has 1 amide bonds. The summed E-state index contributed by atoms with van der Waals surface area (Å²) in [5.74, 6) is 0.307. The topological polar surface area (TPSA) is 60.9 Å². The van der Waals surface area contributed by atoms with E-state index in [1.54, 1.807) is 18.5 Å². The van der Waals surface area contributed by atoms with Crippen molar-refractivity contribution in [3.05, 3.63) is 41.7 Å². The molecule has 0 unspecified atom stereocenters. The van der Waals surface area contributed by atoms with Crippen LogP contribution >= 0.6 is 0 Å². The minimum Gasteiger partial charge on any atom is -0.364 e. The molecular weight excluding hydrogens is 202 g/mol. The summed E-state index contributed by atoms with van der Waals surface area (Å²) in [6.45, 7) is 1.78. The standard InChI is InChI=1S/C12H13N3O/c1-8-10(11(13)16)15(2)12(14-8)9-6-4-3-5-7-9/h3-7H,1-2H3,(H2,13,16). The lowest BCUT2D eigenvalue weighted by Gasteiger charge is -2.03. The van der Waals surface area contributed by atoms with Gasteiger partial charge in [0.1, 0.15) is 11.5 Å². The molecule has 1 aromatic carbocycles. The van der Waals surface area contributed by atoms with Crippen molar-refractivity contribution < 1.29 is 4.79 Å². The second-order valence-corrected chi connectivity index (χ2v) is 3.66. The fourth-order valence-corrected chi connectivity index (χ4v) is 1.82. The fraction of sp³-hybridized carbons (Fsp3) is 0.167. The number of nitrogens with zero attached hydrogens (tertiary/aromatic N) is 2. The molecule has 1 heterocycles. The lowest BCUT2D eigenvalue weighted by molar-refractivity contribution is 0.0992. The zero-order chi connectivity index (χ0) is 11.7. The van der Waals surface area contributed by atoms with Crippen molar-refractivity contribution in [2.45, 2.75) is 6.92 Å². The van der Waals surface area contributed by atoms with Crippen LogP contribution in [0.15, 0.2) is 30.3 Å². The third kappa shape index (κ3) is 1.58. The summed E-state index contributed by atoms with van der Waals surface area (Å²) >= 11 is 0. The number of primary amides is 1. The van der Waals surface area contributed by atoms with Crippen molar-refractivity contribution in [1.29, 1.82) is 0 Å². The van der Waals surface area contributed by atoms with Crippen LogP contribution in [0.4, 0.5) is 0 Å². The number of aromatic nitrogens is 2. The highest BCUT2D eigenvalue weighted by Gasteiger charge is 2.16. The van der Waals surface area contributed by atoms with E-state index in [9.17, 15) is 4.79 Å². The third-order valence-electron chi connectivity index (χ3n) is 2.53. The first-order valence-corrected chi connectivity index (χ1v) is 5.00. The van der Waals surface area contributed by atoms with Crippen molar-refractivity contribution in [2.24, 2.45) is 12.8 Å². The molecule has 1 aromatic heterocycles. The van der Waals surface area contributed by atoms with E-state index in [4.69, 9.17) is 5.73 Å². The lowest BCUT2D eigenvalue weighted by atomic mass is 10.2. The number of carbonyl (C=O) groups is 1. The van der Waals surface area contributed by atoms with Gasteiger partial charge in [-0.1, -0.05) is 30.3 Å². The van der Waals surface area contributed by atoms with Gasteiger partial charge >= 0.3 is 0 Å². The molecule has 82 valence electrons. The molecule has 2 rings (SSSR count). The normalized spacial score (nSPS) is 10.4. The van der Waals surface area contributed by atoms with Gasteiger partial charge in [-0.25, -0.2) is 4.98 Å². The van der Waals surface area contributed by atoms with Crippen LogP contribution in [0.5, 0.6) is 0 Å². The second-order valence-electron chi connectivity index (χ2n) is 3.66. The number of imidazole rings is 1. The van der Waals surface area contributed by atoms with Gasteiger partial charge in [-0.15, -0.1) is 0 Å². The summed E-state index contributed by atoms with van der Waals surface area (Å²) in [5, 5.41) is 0. The quantitative estimate of drug-likeness (QED) is 0.825. The van der Waals surface area contributed by atoms with Gasteiger partial charge in [0, 0.05) is 12.6 Å². The van der Waals surface area contributed by atoms with Crippen LogP contribution in [-0.2, 0) is 7.05 Å². The predicted octanol–water partition coefficient (Wildman–Crippen LogP) is 1.49. The molecule has 16 heavy (non-hydrogen) atoms. The zero-order valence-corrected chi connectivity index (χ0v) is 9.27. The summed E-state index contributed by atoms with van der Waals surface area (Å²) in [4.78, 5) is 15.6. The number of nitrogens with two attached hydrogens (primary N) is 1. The molecule has 4 nitrogen and oxygen atoms in total. The number of aryl methyl sites for hydroxylation is 1. The first-order chi connectivity index (χ1) is 7.61. The Bertz CT molecular complexity index is 529. The molecular formula is C12H13N3O. The fourth-order valence-electron chi connectivity index (χ4n) is 1.82. The van der Waals surface area contributed by atoms with Crippen LogP contribution < -0.4 is 5.73 Å². The molecule has 0 atom stereocenters. The summed E-state index contributed by atoms with van der Waals surface area (Å²) in [6, 6.07) is 9.71. The number of hydrogen-bond acceptors (Lipinski definition) is 2. The van der Waals surface area contributed by atoms with E-state index in [0.717, 1.165) is 11.4 Å². The van der Waals surface area contributed by atoms with Crippen LogP contribution in [0.1, 0.15) is 16.2 Å². The maximum Gasteiger partial charge on any atom is 0.267 e. The van der Waals surface area contributed by atoms with Crippen LogP contribution in [0.2, 0.25) is 0 Å². The van der Waals surface area contributed by atoms with Gasteiger partial charge in [0.2, 0.25) is 0 Å². The number of carbonyl (C=O) groups excluding carboxylic acids is 1. The Balaban J connectivity index is 2.61. The Morgan fingerprint density at radius 1 is 1.31 bits per heavy atom. The third-order valence-corrected chi connectivity index (χ3v) is 2.53. The second kappa shape index (κ2) is 3.81. The molecule has 0 aliphatic heterocycles. The van der Waals surface area contributed by atoms with E-state index in [2.05, 4.69) is 4.98 Å². The molecule has 0 saturated carbocycles. The Kier molecular flexibility index (Phi) is 2.48. The highest BCUT2D eigenvalue weighted by Crippen LogP contribution is 2.20. The molecule has 2 N–H and O–H groups in total. The van der Waals surface area contributed by atoms with E-state index in [1.807, 2.05) is 30.3 Å². The largest absolute Gasteiger partial charge is 0.364 e. The van der Waals surface area contributed by atoms with Crippen LogP contribution in [0, 0.1) is 6.92 Å². The van der Waals surface area contributed by atoms with Crippen LogP contribution in [-0.4, -0.2) is 15.5 Å². The number of amides is 1. The van der Waals surface area contributed by atoms with E-state index in [-0.39, 0.29) is 0 Å². The highest BCUT2D eigenvalue weighted by atomic mass is 16.1.